The van der Waals surface area contributed by atoms with E-state index in [2.05, 4.69) is 12.2 Å². The fraction of sp³-hybridized carbons (Fsp3) is 0.600. The summed E-state index contributed by atoms with van der Waals surface area (Å²) >= 11 is 12.0. The largest absolute Gasteiger partial charge is 0.313 e. The van der Waals surface area contributed by atoms with Gasteiger partial charge in [-0.25, -0.2) is 0 Å². The zero-order valence-corrected chi connectivity index (χ0v) is 12.7. The van der Waals surface area contributed by atoms with E-state index in [9.17, 15) is 0 Å². The summed E-state index contributed by atoms with van der Waals surface area (Å²) in [5.74, 6) is 0. The van der Waals surface area contributed by atoms with Crippen LogP contribution in [0.2, 0.25) is 10.0 Å². The highest BCUT2D eigenvalue weighted by Gasteiger charge is 2.00. The molecule has 0 heterocycles. The molecule has 0 bridgehead atoms. The van der Waals surface area contributed by atoms with Crippen LogP contribution in [0.15, 0.2) is 18.2 Å². The first kappa shape index (κ1) is 15.8. The topological polar surface area (TPSA) is 12.0 Å². The van der Waals surface area contributed by atoms with Crippen molar-refractivity contribution in [1.29, 1.82) is 0 Å². The minimum atomic E-state index is 0.694. The third kappa shape index (κ3) is 6.63. The zero-order chi connectivity index (χ0) is 13.2. The molecule has 1 N–H and O–H groups in total. The van der Waals surface area contributed by atoms with Gasteiger partial charge in [0.2, 0.25) is 0 Å². The Labute approximate surface area is 121 Å². The number of nitrogens with one attached hydrogen (secondary N) is 1. The lowest BCUT2D eigenvalue weighted by molar-refractivity contribution is 0.572. The molecule has 0 spiro atoms. The Hall–Kier alpha value is -0.240. The fourth-order valence-electron chi connectivity index (χ4n) is 1.92. The summed E-state index contributed by atoms with van der Waals surface area (Å²) in [5.41, 5.74) is 1.12. The van der Waals surface area contributed by atoms with Crippen LogP contribution in [-0.2, 0) is 6.54 Å². The molecule has 1 aromatic rings. The van der Waals surface area contributed by atoms with Crippen molar-refractivity contribution in [2.75, 3.05) is 6.54 Å². The number of rotatable bonds is 9. The molecule has 1 aromatic carbocycles. The molecule has 102 valence electrons. The first-order valence-electron chi connectivity index (χ1n) is 6.88. The van der Waals surface area contributed by atoms with Crippen molar-refractivity contribution in [3.8, 4) is 0 Å². The molecule has 0 radical (unpaired) electrons. The van der Waals surface area contributed by atoms with Crippen molar-refractivity contribution in [2.24, 2.45) is 0 Å². The average molecular weight is 288 g/mol. The molecule has 0 aliphatic carbocycles. The van der Waals surface area contributed by atoms with Crippen LogP contribution in [0.25, 0.3) is 0 Å². The van der Waals surface area contributed by atoms with E-state index in [1.807, 2.05) is 12.1 Å². The van der Waals surface area contributed by atoms with Gasteiger partial charge < -0.3 is 5.32 Å². The van der Waals surface area contributed by atoms with Gasteiger partial charge in [-0.3, -0.25) is 0 Å². The molecule has 0 saturated heterocycles. The second-order valence-corrected chi connectivity index (χ2v) is 5.52. The number of hydrogen-bond acceptors (Lipinski definition) is 1. The van der Waals surface area contributed by atoms with Crippen LogP contribution < -0.4 is 5.32 Å². The molecule has 0 atom stereocenters. The molecule has 1 nitrogen and oxygen atoms in total. The molecular weight excluding hydrogens is 265 g/mol. The van der Waals surface area contributed by atoms with Gasteiger partial charge in [-0.1, -0.05) is 68.3 Å². The van der Waals surface area contributed by atoms with Crippen molar-refractivity contribution in [1.82, 2.24) is 5.32 Å². The van der Waals surface area contributed by atoms with Gasteiger partial charge in [-0.05, 0) is 30.7 Å². The highest BCUT2D eigenvalue weighted by Crippen LogP contribution is 2.20. The van der Waals surface area contributed by atoms with E-state index < -0.39 is 0 Å². The molecule has 0 amide bonds. The van der Waals surface area contributed by atoms with Gasteiger partial charge in [-0.15, -0.1) is 0 Å². The van der Waals surface area contributed by atoms with Gasteiger partial charge in [0.1, 0.15) is 0 Å². The van der Waals surface area contributed by atoms with Crippen LogP contribution in [0.1, 0.15) is 51.0 Å². The van der Waals surface area contributed by atoms with Gasteiger partial charge >= 0.3 is 0 Å². The Morgan fingerprint density at radius 1 is 1.00 bits per heavy atom. The Morgan fingerprint density at radius 3 is 2.44 bits per heavy atom. The Bertz CT molecular complexity index is 339. The van der Waals surface area contributed by atoms with Crippen LogP contribution in [0, 0.1) is 0 Å². The Kier molecular flexibility index (Phi) is 8.49. The van der Waals surface area contributed by atoms with Crippen molar-refractivity contribution in [2.45, 2.75) is 52.0 Å². The quantitative estimate of drug-likeness (QED) is 0.596. The number of hydrogen-bond donors (Lipinski definition) is 1. The summed E-state index contributed by atoms with van der Waals surface area (Å²) in [4.78, 5) is 0. The lowest BCUT2D eigenvalue weighted by Gasteiger charge is -2.07. The average Bonchev–Trinajstić information content (AvgIpc) is 2.35. The number of benzene rings is 1. The monoisotopic (exact) mass is 287 g/mol. The minimum absolute atomic E-state index is 0.694. The van der Waals surface area contributed by atoms with Crippen molar-refractivity contribution in [3.63, 3.8) is 0 Å². The van der Waals surface area contributed by atoms with Gasteiger partial charge in [0.15, 0.2) is 0 Å². The predicted molar refractivity (Wildman–Crippen MR) is 81.5 cm³/mol. The van der Waals surface area contributed by atoms with Crippen molar-refractivity contribution >= 4 is 23.2 Å². The molecular formula is C15H23Cl2N. The second kappa shape index (κ2) is 9.66. The highest BCUT2D eigenvalue weighted by molar-refractivity contribution is 6.35. The van der Waals surface area contributed by atoms with Crippen LogP contribution in [-0.4, -0.2) is 6.54 Å². The molecule has 0 unspecified atom stereocenters. The third-order valence-corrected chi connectivity index (χ3v) is 3.62. The molecule has 0 fully saturated rings. The molecule has 3 heteroatoms. The van der Waals surface area contributed by atoms with Crippen LogP contribution in [0.3, 0.4) is 0 Å². The van der Waals surface area contributed by atoms with E-state index in [0.717, 1.165) is 23.7 Å². The van der Waals surface area contributed by atoms with E-state index >= 15 is 0 Å². The highest BCUT2D eigenvalue weighted by atomic mass is 35.5. The second-order valence-electron chi connectivity index (χ2n) is 4.68. The molecule has 0 aliphatic heterocycles. The van der Waals surface area contributed by atoms with Crippen molar-refractivity contribution < 1.29 is 0 Å². The third-order valence-electron chi connectivity index (χ3n) is 3.04. The van der Waals surface area contributed by atoms with E-state index in [1.54, 1.807) is 6.07 Å². The predicted octanol–water partition coefficient (Wildman–Crippen LogP) is 5.44. The lowest BCUT2D eigenvalue weighted by atomic mass is 10.1. The molecule has 0 saturated carbocycles. The summed E-state index contributed by atoms with van der Waals surface area (Å²) in [6.45, 7) is 4.13. The number of unbranched alkanes of at least 4 members (excludes halogenated alkanes) is 5. The maximum absolute atomic E-state index is 6.10. The molecule has 0 aliphatic rings. The smallest absolute Gasteiger partial charge is 0.0465 e. The van der Waals surface area contributed by atoms with Crippen LogP contribution >= 0.6 is 23.2 Å². The van der Waals surface area contributed by atoms with Gasteiger partial charge in [0.25, 0.3) is 0 Å². The van der Waals surface area contributed by atoms with E-state index in [4.69, 9.17) is 23.2 Å². The van der Waals surface area contributed by atoms with Gasteiger partial charge in [0.05, 0.1) is 0 Å². The minimum Gasteiger partial charge on any atom is -0.313 e. The summed E-state index contributed by atoms with van der Waals surface area (Å²) in [7, 11) is 0. The molecule has 1 rings (SSSR count). The normalized spacial score (nSPS) is 10.8. The maximum Gasteiger partial charge on any atom is 0.0465 e. The fourth-order valence-corrected chi connectivity index (χ4v) is 2.39. The first-order valence-corrected chi connectivity index (χ1v) is 7.64. The van der Waals surface area contributed by atoms with E-state index in [1.165, 1.54) is 38.5 Å². The first-order chi connectivity index (χ1) is 8.74. The van der Waals surface area contributed by atoms with E-state index in [-0.39, 0.29) is 0 Å². The standard InChI is InChI=1S/C15H23Cl2N/c1-2-3-4-5-6-7-10-18-12-13-8-9-14(16)11-15(13)17/h8-9,11,18H,2-7,10,12H2,1H3. The summed E-state index contributed by atoms with van der Waals surface area (Å²) < 4.78 is 0. The number of halogens is 2. The Morgan fingerprint density at radius 2 is 1.72 bits per heavy atom. The van der Waals surface area contributed by atoms with Crippen LogP contribution in [0.5, 0.6) is 0 Å². The summed E-state index contributed by atoms with van der Waals surface area (Å²) in [6, 6.07) is 5.67. The van der Waals surface area contributed by atoms with Crippen molar-refractivity contribution in [3.05, 3.63) is 33.8 Å². The molecule has 0 aromatic heterocycles. The summed E-state index contributed by atoms with van der Waals surface area (Å²) in [6.07, 6.45) is 7.98. The summed E-state index contributed by atoms with van der Waals surface area (Å²) in [5, 5.41) is 4.87. The van der Waals surface area contributed by atoms with E-state index in [0.29, 0.717) is 5.02 Å². The Balaban J connectivity index is 2.07. The van der Waals surface area contributed by atoms with Gasteiger partial charge in [-0.2, -0.15) is 0 Å². The maximum atomic E-state index is 6.10. The molecule has 18 heavy (non-hydrogen) atoms. The zero-order valence-electron chi connectivity index (χ0n) is 11.1. The van der Waals surface area contributed by atoms with Crippen LogP contribution in [0.4, 0.5) is 0 Å². The SMILES string of the molecule is CCCCCCCCNCc1ccc(Cl)cc1Cl. The van der Waals surface area contributed by atoms with Gasteiger partial charge in [0, 0.05) is 16.6 Å². The lowest BCUT2D eigenvalue weighted by Crippen LogP contribution is -2.14.